The Morgan fingerprint density at radius 2 is 1.56 bits per heavy atom. The minimum Gasteiger partial charge on any atom is -0.464 e. The van der Waals surface area contributed by atoms with Crippen molar-refractivity contribution >= 4 is 35.3 Å². The maximum Gasteiger partial charge on any atom is 0.408 e. The smallest absolute Gasteiger partial charge is 0.408 e. The fourth-order valence-electron chi connectivity index (χ4n) is 4.61. The number of aliphatic imine (C=N–C) groups is 1. The minimum atomic E-state index is -1.34. The number of alkyl carbamates (subject to hydrolysis) is 1. The molecule has 0 saturated heterocycles. The lowest BCUT2D eigenvalue weighted by atomic mass is 10.0. The molecule has 0 spiro atoms. The van der Waals surface area contributed by atoms with Crippen LogP contribution in [0.4, 0.5) is 10.5 Å². The van der Waals surface area contributed by atoms with Crippen molar-refractivity contribution in [3.05, 3.63) is 102 Å². The Kier molecular flexibility index (Phi) is 9.92. The molecule has 3 aromatic carbocycles. The van der Waals surface area contributed by atoms with Crippen LogP contribution in [-0.4, -0.2) is 60.5 Å². The van der Waals surface area contributed by atoms with Crippen molar-refractivity contribution in [1.29, 1.82) is 0 Å². The summed E-state index contributed by atoms with van der Waals surface area (Å²) in [6, 6.07) is 24.7. The number of hydrogen-bond donors (Lipinski definition) is 2. The van der Waals surface area contributed by atoms with Gasteiger partial charge in [0.05, 0.1) is 17.9 Å². The minimum absolute atomic E-state index is 0.0446. The van der Waals surface area contributed by atoms with Crippen LogP contribution in [0.3, 0.4) is 0 Å². The van der Waals surface area contributed by atoms with E-state index in [9.17, 15) is 19.2 Å². The number of benzodiazepines with no additional fused rings is 1. The van der Waals surface area contributed by atoms with Crippen LogP contribution in [0.5, 0.6) is 0 Å². The van der Waals surface area contributed by atoms with Crippen molar-refractivity contribution < 1.29 is 28.7 Å². The van der Waals surface area contributed by atoms with Crippen molar-refractivity contribution in [2.75, 3.05) is 18.1 Å². The molecule has 3 amide bonds. The van der Waals surface area contributed by atoms with Crippen molar-refractivity contribution in [3.63, 3.8) is 0 Å². The Morgan fingerprint density at radius 3 is 2.21 bits per heavy atom. The Balaban J connectivity index is 1.71. The quantitative estimate of drug-likeness (QED) is 0.366. The number of ether oxygens (including phenoxy) is 2. The largest absolute Gasteiger partial charge is 0.464 e. The number of amides is 3. The summed E-state index contributed by atoms with van der Waals surface area (Å²) in [6.07, 6.45) is -1.95. The van der Waals surface area contributed by atoms with E-state index in [1.165, 1.54) is 11.8 Å². The molecule has 0 radical (unpaired) electrons. The molecule has 4 rings (SSSR count). The van der Waals surface area contributed by atoms with Gasteiger partial charge in [-0.1, -0.05) is 78.9 Å². The number of benzene rings is 3. The highest BCUT2D eigenvalue weighted by molar-refractivity contribution is 6.20. The number of nitrogens with zero attached hydrogens (tertiary/aromatic N) is 2. The molecule has 224 valence electrons. The SMILES string of the molecule is CC(=O)OCCN1C(=O)[C@H](NC(=O)[C@H](Cc2ccccc2)NC(=O)OC(C)(C)C)N=C(c2ccccc2)c2ccccc21. The second kappa shape index (κ2) is 13.8. The first-order valence-corrected chi connectivity index (χ1v) is 14.0. The topological polar surface area (TPSA) is 126 Å². The van der Waals surface area contributed by atoms with Crippen LogP contribution >= 0.6 is 0 Å². The number of para-hydroxylation sites is 1. The monoisotopic (exact) mass is 584 g/mol. The molecule has 0 bridgehead atoms. The highest BCUT2D eigenvalue weighted by atomic mass is 16.6. The predicted octanol–water partition coefficient (Wildman–Crippen LogP) is 4.01. The summed E-state index contributed by atoms with van der Waals surface area (Å²) >= 11 is 0. The number of fused-ring (bicyclic) bond motifs is 1. The average Bonchev–Trinajstić information content (AvgIpc) is 3.07. The molecule has 2 N–H and O–H groups in total. The van der Waals surface area contributed by atoms with Gasteiger partial charge in [0.2, 0.25) is 12.1 Å². The lowest BCUT2D eigenvalue weighted by molar-refractivity contribution is -0.141. The molecule has 10 nitrogen and oxygen atoms in total. The summed E-state index contributed by atoms with van der Waals surface area (Å²) in [5, 5.41) is 5.42. The van der Waals surface area contributed by atoms with Crippen molar-refractivity contribution in [3.8, 4) is 0 Å². The molecular formula is C33H36N4O6. The van der Waals surface area contributed by atoms with E-state index < -0.39 is 41.7 Å². The molecule has 43 heavy (non-hydrogen) atoms. The van der Waals surface area contributed by atoms with E-state index in [1.807, 2.05) is 72.8 Å². The number of nitrogens with one attached hydrogen (secondary N) is 2. The van der Waals surface area contributed by atoms with E-state index in [4.69, 9.17) is 14.5 Å². The zero-order valence-electron chi connectivity index (χ0n) is 24.7. The molecule has 1 heterocycles. The summed E-state index contributed by atoms with van der Waals surface area (Å²) in [5.41, 5.74) is 2.51. The normalized spacial score (nSPS) is 15.3. The summed E-state index contributed by atoms with van der Waals surface area (Å²) in [5.74, 6) is -1.61. The van der Waals surface area contributed by atoms with Gasteiger partial charge in [0.25, 0.3) is 5.91 Å². The molecule has 0 aliphatic carbocycles. The standard InChI is InChI=1S/C33H36N4O6/c1-22(38)42-20-19-37-27-18-12-11-17-25(27)28(24-15-9-6-10-16-24)35-29(31(37)40)36-30(39)26(21-23-13-7-5-8-14-23)34-32(41)43-33(2,3)4/h5-18,26,29H,19-21H2,1-4H3,(H,34,41)(H,36,39)/t26-,29-/m0/s1. The molecule has 0 fully saturated rings. The van der Waals surface area contributed by atoms with Gasteiger partial charge >= 0.3 is 12.1 Å². The summed E-state index contributed by atoms with van der Waals surface area (Å²) in [4.78, 5) is 58.3. The Hall–Kier alpha value is -4.99. The molecule has 1 aliphatic rings. The predicted molar refractivity (Wildman–Crippen MR) is 163 cm³/mol. The third-order valence-electron chi connectivity index (χ3n) is 6.44. The Bertz CT molecular complexity index is 1480. The van der Waals surface area contributed by atoms with Crippen LogP contribution in [0.1, 0.15) is 44.4 Å². The number of carbonyl (C=O) groups is 4. The molecule has 1 aliphatic heterocycles. The van der Waals surface area contributed by atoms with Gasteiger partial charge in [-0.3, -0.25) is 14.4 Å². The molecule has 0 aromatic heterocycles. The van der Waals surface area contributed by atoms with Crippen LogP contribution in [-0.2, 0) is 30.3 Å². The maximum absolute atomic E-state index is 14.0. The Morgan fingerprint density at radius 1 is 0.930 bits per heavy atom. The molecule has 0 unspecified atom stereocenters. The van der Waals surface area contributed by atoms with Crippen LogP contribution < -0.4 is 15.5 Å². The zero-order chi connectivity index (χ0) is 31.0. The number of esters is 1. The van der Waals surface area contributed by atoms with Gasteiger partial charge in [-0.25, -0.2) is 9.79 Å². The highest BCUT2D eigenvalue weighted by Gasteiger charge is 2.35. The molecular weight excluding hydrogens is 548 g/mol. The fraction of sp³-hybridized carbons (Fsp3) is 0.303. The van der Waals surface area contributed by atoms with E-state index in [-0.39, 0.29) is 19.6 Å². The summed E-state index contributed by atoms with van der Waals surface area (Å²) in [7, 11) is 0. The number of carbonyl (C=O) groups excluding carboxylic acids is 4. The van der Waals surface area contributed by atoms with E-state index >= 15 is 0 Å². The first-order valence-electron chi connectivity index (χ1n) is 14.0. The third kappa shape index (κ3) is 8.51. The van der Waals surface area contributed by atoms with E-state index in [2.05, 4.69) is 10.6 Å². The van der Waals surface area contributed by atoms with Gasteiger partial charge in [-0.05, 0) is 32.4 Å². The number of anilines is 1. The van der Waals surface area contributed by atoms with E-state index in [0.29, 0.717) is 17.0 Å². The third-order valence-corrected chi connectivity index (χ3v) is 6.44. The summed E-state index contributed by atoms with van der Waals surface area (Å²) in [6.45, 7) is 6.47. The first kappa shape index (κ1) is 31.0. The van der Waals surface area contributed by atoms with Gasteiger partial charge in [0.15, 0.2) is 0 Å². The van der Waals surface area contributed by atoms with E-state index in [0.717, 1.165) is 11.1 Å². The molecule has 2 atom stereocenters. The van der Waals surface area contributed by atoms with E-state index in [1.54, 1.807) is 32.9 Å². The fourth-order valence-corrected chi connectivity index (χ4v) is 4.61. The van der Waals surface area contributed by atoms with Crippen LogP contribution in [0, 0.1) is 0 Å². The van der Waals surface area contributed by atoms with Crippen LogP contribution in [0.25, 0.3) is 0 Å². The lowest BCUT2D eigenvalue weighted by Gasteiger charge is -2.27. The number of rotatable bonds is 9. The highest BCUT2D eigenvalue weighted by Crippen LogP contribution is 2.28. The second-order valence-corrected chi connectivity index (χ2v) is 11.0. The van der Waals surface area contributed by atoms with Gasteiger partial charge in [0, 0.05) is 24.5 Å². The van der Waals surface area contributed by atoms with Crippen LogP contribution in [0.15, 0.2) is 89.9 Å². The van der Waals surface area contributed by atoms with Gasteiger partial charge < -0.3 is 25.0 Å². The van der Waals surface area contributed by atoms with Crippen molar-refractivity contribution in [2.45, 2.75) is 51.9 Å². The average molecular weight is 585 g/mol. The van der Waals surface area contributed by atoms with Crippen LogP contribution in [0.2, 0.25) is 0 Å². The van der Waals surface area contributed by atoms with Crippen molar-refractivity contribution in [2.24, 2.45) is 4.99 Å². The maximum atomic E-state index is 14.0. The molecule has 0 saturated carbocycles. The molecule has 3 aromatic rings. The van der Waals surface area contributed by atoms with Gasteiger partial charge in [-0.15, -0.1) is 0 Å². The van der Waals surface area contributed by atoms with Gasteiger partial charge in [0.1, 0.15) is 18.2 Å². The van der Waals surface area contributed by atoms with Crippen molar-refractivity contribution in [1.82, 2.24) is 10.6 Å². The number of hydrogen-bond acceptors (Lipinski definition) is 7. The second-order valence-electron chi connectivity index (χ2n) is 11.0. The lowest BCUT2D eigenvalue weighted by Crippen LogP contribution is -2.55. The summed E-state index contributed by atoms with van der Waals surface area (Å²) < 4.78 is 10.6. The first-order chi connectivity index (χ1) is 20.5. The Labute approximate surface area is 251 Å². The molecule has 10 heteroatoms. The van der Waals surface area contributed by atoms with Gasteiger partial charge in [-0.2, -0.15) is 0 Å². The zero-order valence-corrected chi connectivity index (χ0v) is 24.7.